The molecule has 2 N–H and O–H groups in total. The third-order valence-corrected chi connectivity index (χ3v) is 3.44. The van der Waals surface area contributed by atoms with Gasteiger partial charge in [0.1, 0.15) is 5.75 Å². The first-order valence-corrected chi connectivity index (χ1v) is 7.52. The van der Waals surface area contributed by atoms with E-state index in [0.717, 1.165) is 11.3 Å². The molecular weight excluding hydrogens is 304 g/mol. The summed E-state index contributed by atoms with van der Waals surface area (Å²) in [5.41, 5.74) is 2.57. The Morgan fingerprint density at radius 3 is 2.79 bits per heavy atom. The van der Waals surface area contributed by atoms with Gasteiger partial charge in [-0.1, -0.05) is 24.3 Å². The van der Waals surface area contributed by atoms with Gasteiger partial charge in [-0.05, 0) is 24.3 Å². The zero-order chi connectivity index (χ0) is 16.8. The molecule has 0 spiro atoms. The van der Waals surface area contributed by atoms with Crippen molar-refractivity contribution in [2.24, 2.45) is 0 Å². The Kier molecular flexibility index (Phi) is 4.76. The summed E-state index contributed by atoms with van der Waals surface area (Å²) in [6.45, 7) is 0.392. The second-order valence-electron chi connectivity index (χ2n) is 5.17. The minimum absolute atomic E-state index is 0.282. The lowest BCUT2D eigenvalue weighted by molar-refractivity contribution is 0.251. The Bertz CT molecular complexity index is 815. The third-order valence-electron chi connectivity index (χ3n) is 3.44. The van der Waals surface area contributed by atoms with Crippen LogP contribution in [0, 0.1) is 0 Å². The standard InChI is InChI=1S/C18H18N4O2/c1-24-17-9-5-6-15(10-17)21-18(23)19-11-14-12-20-22(13-14)16-7-3-2-4-8-16/h2-10,12-13H,11H2,1H3,(H2,19,21,23). The van der Waals surface area contributed by atoms with E-state index in [1.54, 1.807) is 30.1 Å². The molecule has 0 unspecified atom stereocenters. The SMILES string of the molecule is COc1cccc(NC(=O)NCc2cnn(-c3ccccc3)c2)c1. The summed E-state index contributed by atoms with van der Waals surface area (Å²) < 4.78 is 6.90. The van der Waals surface area contributed by atoms with Crippen LogP contribution in [0.2, 0.25) is 0 Å². The minimum Gasteiger partial charge on any atom is -0.497 e. The van der Waals surface area contributed by atoms with Crippen LogP contribution < -0.4 is 15.4 Å². The van der Waals surface area contributed by atoms with Crippen molar-refractivity contribution >= 4 is 11.7 Å². The number of urea groups is 1. The molecule has 0 fully saturated rings. The maximum atomic E-state index is 12.0. The van der Waals surface area contributed by atoms with Crippen LogP contribution in [-0.4, -0.2) is 22.9 Å². The van der Waals surface area contributed by atoms with Crippen LogP contribution in [0.15, 0.2) is 67.0 Å². The molecule has 1 heterocycles. The normalized spacial score (nSPS) is 10.2. The second kappa shape index (κ2) is 7.32. The van der Waals surface area contributed by atoms with Gasteiger partial charge in [-0.2, -0.15) is 5.10 Å². The average molecular weight is 322 g/mol. The second-order valence-corrected chi connectivity index (χ2v) is 5.17. The molecule has 24 heavy (non-hydrogen) atoms. The first-order chi connectivity index (χ1) is 11.7. The van der Waals surface area contributed by atoms with E-state index >= 15 is 0 Å². The molecule has 122 valence electrons. The van der Waals surface area contributed by atoms with Crippen molar-refractivity contribution in [3.8, 4) is 11.4 Å². The molecule has 3 aromatic rings. The van der Waals surface area contributed by atoms with E-state index in [9.17, 15) is 4.79 Å². The van der Waals surface area contributed by atoms with Crippen molar-refractivity contribution in [3.63, 3.8) is 0 Å². The highest BCUT2D eigenvalue weighted by Gasteiger charge is 2.05. The predicted molar refractivity (Wildman–Crippen MR) is 92.4 cm³/mol. The molecule has 0 bridgehead atoms. The van der Waals surface area contributed by atoms with Gasteiger partial charge in [0.15, 0.2) is 0 Å². The van der Waals surface area contributed by atoms with Crippen LogP contribution in [0.1, 0.15) is 5.56 Å². The summed E-state index contributed by atoms with van der Waals surface area (Å²) in [5, 5.41) is 9.87. The summed E-state index contributed by atoms with van der Waals surface area (Å²) in [6, 6.07) is 16.7. The van der Waals surface area contributed by atoms with E-state index < -0.39 is 0 Å². The molecule has 1 aromatic heterocycles. The average Bonchev–Trinajstić information content (AvgIpc) is 3.10. The number of aromatic nitrogens is 2. The van der Waals surface area contributed by atoms with E-state index in [-0.39, 0.29) is 6.03 Å². The van der Waals surface area contributed by atoms with Gasteiger partial charge in [0, 0.05) is 30.1 Å². The van der Waals surface area contributed by atoms with Crippen LogP contribution in [0.25, 0.3) is 5.69 Å². The van der Waals surface area contributed by atoms with Gasteiger partial charge in [0.05, 0.1) is 19.0 Å². The Morgan fingerprint density at radius 1 is 1.17 bits per heavy atom. The van der Waals surface area contributed by atoms with Gasteiger partial charge in [-0.25, -0.2) is 9.48 Å². The highest BCUT2D eigenvalue weighted by Crippen LogP contribution is 2.16. The van der Waals surface area contributed by atoms with Gasteiger partial charge in [-0.15, -0.1) is 0 Å². The molecule has 3 rings (SSSR count). The summed E-state index contributed by atoms with van der Waals surface area (Å²) in [4.78, 5) is 12.0. The number of nitrogens with zero attached hydrogens (tertiary/aromatic N) is 2. The van der Waals surface area contributed by atoms with Crippen molar-refractivity contribution in [1.82, 2.24) is 15.1 Å². The topological polar surface area (TPSA) is 68.2 Å². The fourth-order valence-corrected chi connectivity index (χ4v) is 2.23. The number of amides is 2. The zero-order valence-corrected chi connectivity index (χ0v) is 13.3. The number of rotatable bonds is 5. The lowest BCUT2D eigenvalue weighted by Crippen LogP contribution is -2.28. The highest BCUT2D eigenvalue weighted by atomic mass is 16.5. The Labute approximate surface area is 140 Å². The summed E-state index contributed by atoms with van der Waals surface area (Å²) >= 11 is 0. The van der Waals surface area contributed by atoms with Crippen molar-refractivity contribution < 1.29 is 9.53 Å². The fourth-order valence-electron chi connectivity index (χ4n) is 2.23. The number of hydrogen-bond donors (Lipinski definition) is 2. The van der Waals surface area contributed by atoms with Crippen LogP contribution in [0.5, 0.6) is 5.75 Å². The number of ether oxygens (including phenoxy) is 1. The maximum absolute atomic E-state index is 12.0. The number of benzene rings is 2. The molecule has 2 amide bonds. The van der Waals surface area contributed by atoms with Gasteiger partial charge < -0.3 is 15.4 Å². The Hall–Kier alpha value is -3.28. The van der Waals surface area contributed by atoms with Gasteiger partial charge in [-0.3, -0.25) is 0 Å². The van der Waals surface area contributed by atoms with Crippen molar-refractivity contribution in [2.45, 2.75) is 6.54 Å². The molecule has 0 aliphatic heterocycles. The molecule has 6 nitrogen and oxygen atoms in total. The predicted octanol–water partition coefficient (Wildman–Crippen LogP) is 3.20. The molecule has 0 aliphatic rings. The molecular formula is C18H18N4O2. The van der Waals surface area contributed by atoms with Crippen molar-refractivity contribution in [2.75, 3.05) is 12.4 Å². The smallest absolute Gasteiger partial charge is 0.319 e. The van der Waals surface area contributed by atoms with E-state index in [2.05, 4.69) is 15.7 Å². The number of hydrogen-bond acceptors (Lipinski definition) is 3. The van der Waals surface area contributed by atoms with Gasteiger partial charge in [0.25, 0.3) is 0 Å². The molecule has 0 saturated carbocycles. The van der Waals surface area contributed by atoms with Crippen LogP contribution in [0.4, 0.5) is 10.5 Å². The Morgan fingerprint density at radius 2 is 2.00 bits per heavy atom. The van der Waals surface area contributed by atoms with Crippen LogP contribution >= 0.6 is 0 Å². The molecule has 0 saturated heterocycles. The van der Waals surface area contributed by atoms with Crippen molar-refractivity contribution in [1.29, 1.82) is 0 Å². The minimum atomic E-state index is -0.282. The molecule has 0 radical (unpaired) electrons. The number of nitrogens with one attached hydrogen (secondary N) is 2. The fraction of sp³-hybridized carbons (Fsp3) is 0.111. The first kappa shape index (κ1) is 15.6. The van der Waals surface area contributed by atoms with E-state index in [1.165, 1.54) is 0 Å². The first-order valence-electron chi connectivity index (χ1n) is 7.52. The Balaban J connectivity index is 1.56. The quantitative estimate of drug-likeness (QED) is 0.758. The van der Waals surface area contributed by atoms with E-state index in [0.29, 0.717) is 18.0 Å². The third kappa shape index (κ3) is 3.92. The van der Waals surface area contributed by atoms with E-state index in [1.807, 2.05) is 48.7 Å². The summed E-state index contributed by atoms with van der Waals surface area (Å²) in [5.74, 6) is 0.692. The largest absolute Gasteiger partial charge is 0.497 e. The highest BCUT2D eigenvalue weighted by molar-refractivity contribution is 5.89. The summed E-state index contributed by atoms with van der Waals surface area (Å²) in [7, 11) is 1.59. The number of carbonyl (C=O) groups is 1. The molecule has 2 aromatic carbocycles. The lowest BCUT2D eigenvalue weighted by Gasteiger charge is -2.08. The maximum Gasteiger partial charge on any atom is 0.319 e. The monoisotopic (exact) mass is 322 g/mol. The molecule has 0 aliphatic carbocycles. The number of anilines is 1. The molecule has 6 heteroatoms. The van der Waals surface area contributed by atoms with Gasteiger partial charge in [0.2, 0.25) is 0 Å². The number of para-hydroxylation sites is 1. The zero-order valence-electron chi connectivity index (χ0n) is 13.3. The summed E-state index contributed by atoms with van der Waals surface area (Å²) in [6.07, 6.45) is 3.62. The molecule has 0 atom stereocenters. The van der Waals surface area contributed by atoms with Gasteiger partial charge >= 0.3 is 6.03 Å². The van der Waals surface area contributed by atoms with E-state index in [4.69, 9.17) is 4.74 Å². The number of methoxy groups -OCH3 is 1. The number of carbonyl (C=O) groups excluding carboxylic acids is 1. The van der Waals surface area contributed by atoms with Crippen LogP contribution in [0.3, 0.4) is 0 Å². The van der Waals surface area contributed by atoms with Crippen molar-refractivity contribution in [3.05, 3.63) is 72.6 Å². The van der Waals surface area contributed by atoms with Crippen LogP contribution in [-0.2, 0) is 6.54 Å². The lowest BCUT2D eigenvalue weighted by atomic mass is 10.3.